The molecule has 7 aliphatic carbocycles. The number of hydrogen-bond donors (Lipinski definition) is 2. The summed E-state index contributed by atoms with van der Waals surface area (Å²) < 4.78 is 46.0. The summed E-state index contributed by atoms with van der Waals surface area (Å²) in [6, 6.07) is 0. The summed E-state index contributed by atoms with van der Waals surface area (Å²) in [5.74, 6) is 118. The van der Waals surface area contributed by atoms with Crippen molar-refractivity contribution in [2.45, 2.75) is 289 Å². The van der Waals surface area contributed by atoms with Crippen LogP contribution in [0.3, 0.4) is 0 Å². The minimum Gasteiger partial charge on any atom is -0.388 e. The smallest absolute Gasteiger partial charge is 0.104 e. The highest BCUT2D eigenvalue weighted by Gasteiger charge is 2.43. The average Bonchev–Trinajstić information content (AvgIpc) is 0.808. The molecule has 0 radical (unpaired) electrons. The molecule has 7 saturated carbocycles. The van der Waals surface area contributed by atoms with Crippen LogP contribution in [-0.4, -0.2) is 111 Å². The summed E-state index contributed by atoms with van der Waals surface area (Å²) in [4.78, 5) is 0. The minimum absolute atomic E-state index is 0.0544. The molecule has 0 aromatic rings. The highest BCUT2D eigenvalue weighted by atomic mass is 16.6. The first-order chi connectivity index (χ1) is 54.3. The van der Waals surface area contributed by atoms with E-state index in [1.807, 2.05) is 0 Å². The van der Waals surface area contributed by atoms with Gasteiger partial charge in [0.2, 0.25) is 0 Å². The van der Waals surface area contributed by atoms with Gasteiger partial charge in [-0.3, -0.25) is 0 Å². The standard InChI is InChI=1S/C102H108O9/c1-8-11-14-17-20-23-26-29-32-35-38-41-44-50-84-53-47-56-97(75-84)107-80-91(103)78-105-93-67-59-87(60-68-93)101(4,5)89-63-71-95(72-64-89)109-82-100(111-99-58-49-55-86(77-99)52-46-43-40-37-34-31-28-25-22-19-16-13-10-3)83-110-96-73-65-90(66-74-96)102(6,7)88-61-69-94(70-62-88)106-79-92(104)81-108-98-57-48-54-85(76-98)51-45-42-39-36-33-30-27-24-21-18-15-12-9-2/h84-100,103-104H,47-49,53-83H2,1-7H3. The molecule has 8 unspecified atom stereocenters. The summed E-state index contributed by atoms with van der Waals surface area (Å²) in [7, 11) is 0. The third-order valence-corrected chi connectivity index (χ3v) is 22.6. The van der Waals surface area contributed by atoms with E-state index in [2.05, 4.69) is 276 Å². The molecule has 7 fully saturated rings. The quantitative estimate of drug-likeness (QED) is 0.0914. The predicted molar refractivity (Wildman–Crippen MR) is 441 cm³/mol. The second-order valence-corrected chi connectivity index (χ2v) is 30.7. The van der Waals surface area contributed by atoms with Crippen LogP contribution in [0, 0.1) is 301 Å². The summed E-state index contributed by atoms with van der Waals surface area (Å²) in [5, 5.41) is 21.9. The molecular formula is C102H108O9. The zero-order valence-electron chi connectivity index (χ0n) is 66.6. The molecule has 7 aliphatic rings. The Bertz CT molecular complexity index is 4290. The molecule has 2 N–H and O–H groups in total. The SMILES string of the molecule is CC#CC#CC#CC#CC#CC#CC#CC1CCCC(OCC(O)COC2CCC(C(C)(C)C3CCC(OCC(COC4CCC(C(C)(C)C5CCC(OCC(O)COC6CCCC(C#CC#CC#CC#CC#CC#CC#CC)C6)CC5)CC4)OC4CCCC(C#CC#CC#CC#CC#CC#CC#CC)C4)CC3)CC2)C1. The Balaban J connectivity index is 0.814. The van der Waals surface area contributed by atoms with E-state index in [1.165, 1.54) is 0 Å². The largest absolute Gasteiger partial charge is 0.388 e. The fourth-order valence-corrected chi connectivity index (χ4v) is 16.3. The first-order valence-electron chi connectivity index (χ1n) is 40.3. The van der Waals surface area contributed by atoms with E-state index in [-0.39, 0.29) is 104 Å². The Morgan fingerprint density at radius 3 is 0.703 bits per heavy atom. The first kappa shape index (κ1) is 88.6. The van der Waals surface area contributed by atoms with Gasteiger partial charge in [-0.25, -0.2) is 0 Å². The van der Waals surface area contributed by atoms with Gasteiger partial charge in [0.05, 0.1) is 82.4 Å². The van der Waals surface area contributed by atoms with Crippen LogP contribution >= 0.6 is 0 Å². The van der Waals surface area contributed by atoms with Crippen LogP contribution in [0.1, 0.15) is 228 Å². The molecule has 570 valence electrons. The highest BCUT2D eigenvalue weighted by molar-refractivity contribution is 5.48. The lowest BCUT2D eigenvalue weighted by atomic mass is 9.60. The summed E-state index contributed by atoms with van der Waals surface area (Å²) in [6.07, 6.45) is 28.2. The third kappa shape index (κ3) is 36.4. The lowest BCUT2D eigenvalue weighted by Crippen LogP contribution is -2.41. The summed E-state index contributed by atoms with van der Waals surface area (Å²) in [5.41, 5.74) is 0.411. The van der Waals surface area contributed by atoms with E-state index in [0.717, 1.165) is 180 Å². The van der Waals surface area contributed by atoms with Crippen LogP contribution in [0.15, 0.2) is 0 Å². The van der Waals surface area contributed by atoms with E-state index in [0.29, 0.717) is 36.9 Å². The Morgan fingerprint density at radius 1 is 0.243 bits per heavy atom. The van der Waals surface area contributed by atoms with Crippen LogP contribution in [0.25, 0.3) is 0 Å². The lowest BCUT2D eigenvalue weighted by molar-refractivity contribution is -0.134. The molecule has 9 nitrogen and oxygen atoms in total. The third-order valence-electron chi connectivity index (χ3n) is 22.6. The van der Waals surface area contributed by atoms with Crippen molar-refractivity contribution in [1.82, 2.24) is 0 Å². The van der Waals surface area contributed by atoms with Gasteiger partial charge in [0.1, 0.15) is 18.3 Å². The molecule has 0 amide bonds. The molecule has 0 aliphatic heterocycles. The van der Waals surface area contributed by atoms with Gasteiger partial charge in [-0.15, -0.1) is 0 Å². The Kier molecular flexibility index (Phi) is 42.6. The highest BCUT2D eigenvalue weighted by Crippen LogP contribution is 2.51. The fourth-order valence-electron chi connectivity index (χ4n) is 16.3. The second kappa shape index (κ2) is 53.3. The van der Waals surface area contributed by atoms with Crippen molar-refractivity contribution in [2.24, 2.45) is 52.3 Å². The normalized spacial score (nSPS) is 25.2. The predicted octanol–water partition coefficient (Wildman–Crippen LogP) is 13.3. The number of rotatable bonds is 24. The van der Waals surface area contributed by atoms with Crippen molar-refractivity contribution in [3.8, 4) is 249 Å². The Labute approximate surface area is 669 Å². The molecular weight excluding hydrogens is 1370 g/mol. The monoisotopic (exact) mass is 1480 g/mol. The van der Waals surface area contributed by atoms with E-state index in [9.17, 15) is 10.2 Å². The lowest BCUT2D eigenvalue weighted by Gasteiger charge is -2.47. The van der Waals surface area contributed by atoms with E-state index >= 15 is 0 Å². The maximum atomic E-state index is 11.0. The van der Waals surface area contributed by atoms with Crippen molar-refractivity contribution in [3.05, 3.63) is 0 Å². The number of ether oxygens (including phenoxy) is 7. The van der Waals surface area contributed by atoms with Crippen LogP contribution in [-0.2, 0) is 33.2 Å². The van der Waals surface area contributed by atoms with Crippen molar-refractivity contribution in [2.75, 3.05) is 39.6 Å². The van der Waals surface area contributed by atoms with Gasteiger partial charge in [-0.05, 0) is 448 Å². The maximum absolute atomic E-state index is 11.0. The molecule has 0 heterocycles. The van der Waals surface area contributed by atoms with Gasteiger partial charge in [0.25, 0.3) is 0 Å². The van der Waals surface area contributed by atoms with Crippen molar-refractivity contribution in [1.29, 1.82) is 0 Å². The van der Waals surface area contributed by atoms with Gasteiger partial charge in [-0.1, -0.05) is 63.2 Å². The number of aliphatic hydroxyl groups excluding tert-OH is 2. The van der Waals surface area contributed by atoms with Gasteiger partial charge in [0, 0.05) is 17.8 Å². The molecule has 7 rings (SSSR count). The summed E-state index contributed by atoms with van der Waals surface area (Å²) in [6.45, 7) is 17.3. The maximum Gasteiger partial charge on any atom is 0.104 e. The van der Waals surface area contributed by atoms with Crippen molar-refractivity contribution < 1.29 is 43.4 Å². The molecule has 0 spiro atoms. The van der Waals surface area contributed by atoms with Gasteiger partial charge < -0.3 is 43.4 Å². The Hall–Kier alpha value is -9.60. The second-order valence-electron chi connectivity index (χ2n) is 30.7. The van der Waals surface area contributed by atoms with Crippen LogP contribution in [0.5, 0.6) is 0 Å². The Morgan fingerprint density at radius 2 is 0.450 bits per heavy atom. The molecule has 0 bridgehead atoms. The molecule has 9 heteroatoms. The molecule has 111 heavy (non-hydrogen) atoms. The minimum atomic E-state index is -0.672. The first-order valence-corrected chi connectivity index (χ1v) is 40.3. The van der Waals surface area contributed by atoms with Crippen LogP contribution < -0.4 is 0 Å². The summed E-state index contributed by atoms with van der Waals surface area (Å²) >= 11 is 0. The molecule has 8 atom stereocenters. The van der Waals surface area contributed by atoms with Gasteiger partial charge in [-0.2, -0.15) is 0 Å². The molecule has 0 aromatic carbocycles. The topological polar surface area (TPSA) is 105 Å². The van der Waals surface area contributed by atoms with Crippen molar-refractivity contribution in [3.63, 3.8) is 0 Å². The van der Waals surface area contributed by atoms with Crippen LogP contribution in [0.2, 0.25) is 0 Å². The zero-order valence-corrected chi connectivity index (χ0v) is 66.6. The van der Waals surface area contributed by atoms with E-state index in [4.69, 9.17) is 33.2 Å². The van der Waals surface area contributed by atoms with Crippen LogP contribution in [0.4, 0.5) is 0 Å². The zero-order chi connectivity index (χ0) is 78.5. The fraction of sp³-hybridized carbons (Fsp3) is 0.588. The van der Waals surface area contributed by atoms with Gasteiger partial charge in [0.15, 0.2) is 0 Å². The van der Waals surface area contributed by atoms with E-state index < -0.39 is 12.2 Å². The number of hydrogen-bond acceptors (Lipinski definition) is 9. The number of aliphatic hydroxyl groups is 2. The molecule has 0 aromatic heterocycles. The van der Waals surface area contributed by atoms with Crippen molar-refractivity contribution >= 4 is 0 Å². The molecule has 0 saturated heterocycles. The average molecular weight is 1480 g/mol. The van der Waals surface area contributed by atoms with Gasteiger partial charge >= 0.3 is 0 Å². The van der Waals surface area contributed by atoms with E-state index in [1.54, 1.807) is 20.8 Å².